The SMILES string of the molecule is NC(CC(=O)O)Cc1nc(-c2ccc(Oc3ncc(Cl)cc3F)cc2Cl)no1. The van der Waals surface area contributed by atoms with E-state index in [1.165, 1.54) is 18.3 Å². The van der Waals surface area contributed by atoms with Crippen LogP contribution in [0.4, 0.5) is 4.39 Å². The van der Waals surface area contributed by atoms with Gasteiger partial charge < -0.3 is 20.1 Å². The summed E-state index contributed by atoms with van der Waals surface area (Å²) in [4.78, 5) is 18.6. The molecule has 146 valence electrons. The standard InChI is InChI=1S/C17H13Cl2FN4O4/c18-8-3-13(20)17(22-7-8)27-10-1-2-11(12(19)6-10)16-23-14(28-24-16)4-9(21)5-15(25)26/h1-3,6-7,9H,4-5,21H2,(H,25,26). The summed E-state index contributed by atoms with van der Waals surface area (Å²) in [5.41, 5.74) is 6.15. The Hall–Kier alpha value is -2.75. The number of hydrogen-bond donors (Lipinski definition) is 2. The third kappa shape index (κ3) is 4.94. The van der Waals surface area contributed by atoms with E-state index in [2.05, 4.69) is 15.1 Å². The molecular formula is C17H13Cl2FN4O4. The van der Waals surface area contributed by atoms with Gasteiger partial charge in [-0.1, -0.05) is 28.4 Å². The molecule has 0 bridgehead atoms. The number of rotatable bonds is 7. The van der Waals surface area contributed by atoms with E-state index in [4.69, 9.17) is 43.3 Å². The highest BCUT2D eigenvalue weighted by Gasteiger charge is 2.17. The van der Waals surface area contributed by atoms with Gasteiger partial charge >= 0.3 is 5.97 Å². The van der Waals surface area contributed by atoms with Crippen molar-refractivity contribution in [3.05, 3.63) is 52.2 Å². The summed E-state index contributed by atoms with van der Waals surface area (Å²) >= 11 is 11.9. The van der Waals surface area contributed by atoms with Crippen molar-refractivity contribution in [1.29, 1.82) is 0 Å². The number of ether oxygens (including phenoxy) is 1. The monoisotopic (exact) mass is 426 g/mol. The predicted octanol–water partition coefficient (Wildman–Crippen LogP) is 3.71. The lowest BCUT2D eigenvalue weighted by molar-refractivity contribution is -0.137. The Balaban J connectivity index is 1.75. The zero-order valence-corrected chi connectivity index (χ0v) is 15.6. The number of aliphatic carboxylic acids is 1. The van der Waals surface area contributed by atoms with E-state index in [-0.39, 0.29) is 46.2 Å². The summed E-state index contributed by atoms with van der Waals surface area (Å²) in [6, 6.07) is 4.97. The average Bonchev–Trinajstić information content (AvgIpc) is 3.04. The van der Waals surface area contributed by atoms with E-state index in [0.29, 0.717) is 5.56 Å². The van der Waals surface area contributed by atoms with Gasteiger partial charge in [-0.25, -0.2) is 9.37 Å². The second kappa shape index (κ2) is 8.51. The lowest BCUT2D eigenvalue weighted by Gasteiger charge is -2.07. The molecule has 3 N–H and O–H groups in total. The van der Waals surface area contributed by atoms with Crippen LogP contribution in [0.5, 0.6) is 11.6 Å². The maximum Gasteiger partial charge on any atom is 0.304 e. The maximum atomic E-state index is 13.8. The second-order valence-corrected chi connectivity index (χ2v) is 6.60. The fraction of sp³-hybridized carbons (Fsp3) is 0.176. The molecule has 2 aromatic heterocycles. The van der Waals surface area contributed by atoms with Crippen LogP contribution in [0.3, 0.4) is 0 Å². The van der Waals surface area contributed by atoms with Gasteiger partial charge in [0, 0.05) is 30.3 Å². The summed E-state index contributed by atoms with van der Waals surface area (Å²) in [5.74, 6) is -1.35. The number of carboxylic acid groups (broad SMARTS) is 1. The first-order chi connectivity index (χ1) is 13.3. The molecule has 8 nitrogen and oxygen atoms in total. The molecule has 28 heavy (non-hydrogen) atoms. The van der Waals surface area contributed by atoms with Gasteiger partial charge in [-0.3, -0.25) is 4.79 Å². The molecule has 0 amide bonds. The van der Waals surface area contributed by atoms with Crippen LogP contribution in [0, 0.1) is 5.82 Å². The summed E-state index contributed by atoms with van der Waals surface area (Å²) < 4.78 is 24.2. The van der Waals surface area contributed by atoms with Crippen LogP contribution in [0.2, 0.25) is 10.0 Å². The van der Waals surface area contributed by atoms with Gasteiger partial charge in [0.2, 0.25) is 11.7 Å². The van der Waals surface area contributed by atoms with Crippen molar-refractivity contribution in [3.8, 4) is 23.0 Å². The van der Waals surface area contributed by atoms with Crippen molar-refractivity contribution in [2.24, 2.45) is 5.73 Å². The average molecular weight is 427 g/mol. The molecule has 1 atom stereocenters. The number of carboxylic acids is 1. The summed E-state index contributed by atoms with van der Waals surface area (Å²) in [6.45, 7) is 0. The third-order valence-corrected chi connectivity index (χ3v) is 4.03. The van der Waals surface area contributed by atoms with Gasteiger partial charge in [-0.15, -0.1) is 0 Å². The van der Waals surface area contributed by atoms with E-state index in [1.807, 2.05) is 0 Å². The number of benzene rings is 1. The molecule has 1 aromatic carbocycles. The first kappa shape index (κ1) is 20.0. The molecule has 0 fully saturated rings. The molecule has 0 spiro atoms. The Kier molecular flexibility index (Phi) is 6.08. The lowest BCUT2D eigenvalue weighted by Crippen LogP contribution is -2.26. The zero-order chi connectivity index (χ0) is 20.3. The highest BCUT2D eigenvalue weighted by molar-refractivity contribution is 6.33. The molecular weight excluding hydrogens is 414 g/mol. The lowest BCUT2D eigenvalue weighted by atomic mass is 10.1. The Labute approximate surface area is 168 Å². The van der Waals surface area contributed by atoms with Crippen LogP contribution in [-0.4, -0.2) is 32.2 Å². The van der Waals surface area contributed by atoms with Gasteiger partial charge in [0.25, 0.3) is 5.88 Å². The van der Waals surface area contributed by atoms with Crippen LogP contribution in [-0.2, 0) is 11.2 Å². The Bertz CT molecular complexity index is 1010. The molecule has 0 saturated carbocycles. The first-order valence-electron chi connectivity index (χ1n) is 7.90. The van der Waals surface area contributed by atoms with E-state index in [9.17, 15) is 9.18 Å². The molecule has 3 rings (SSSR count). The van der Waals surface area contributed by atoms with Crippen molar-refractivity contribution < 1.29 is 23.6 Å². The van der Waals surface area contributed by atoms with Gasteiger partial charge in [0.15, 0.2) is 5.82 Å². The molecule has 2 heterocycles. The summed E-state index contributed by atoms with van der Waals surface area (Å²) in [6.07, 6.45) is 1.14. The number of hydrogen-bond acceptors (Lipinski definition) is 7. The zero-order valence-electron chi connectivity index (χ0n) is 14.1. The number of aromatic nitrogens is 3. The third-order valence-electron chi connectivity index (χ3n) is 3.51. The number of halogens is 3. The minimum atomic E-state index is -1.02. The van der Waals surface area contributed by atoms with Crippen molar-refractivity contribution in [1.82, 2.24) is 15.1 Å². The molecule has 0 radical (unpaired) electrons. The van der Waals surface area contributed by atoms with Gasteiger partial charge in [-0.05, 0) is 18.2 Å². The molecule has 0 aliphatic heterocycles. The van der Waals surface area contributed by atoms with Crippen LogP contribution < -0.4 is 10.5 Å². The van der Waals surface area contributed by atoms with Crippen LogP contribution in [0.25, 0.3) is 11.4 Å². The minimum Gasteiger partial charge on any atom is -0.481 e. The summed E-state index contributed by atoms with van der Waals surface area (Å²) in [7, 11) is 0. The minimum absolute atomic E-state index is 0.111. The Morgan fingerprint density at radius 2 is 2.14 bits per heavy atom. The van der Waals surface area contributed by atoms with Gasteiger partial charge in [-0.2, -0.15) is 4.98 Å². The van der Waals surface area contributed by atoms with Crippen molar-refractivity contribution in [2.75, 3.05) is 0 Å². The van der Waals surface area contributed by atoms with Crippen LogP contribution in [0.15, 0.2) is 35.0 Å². The largest absolute Gasteiger partial charge is 0.481 e. The molecule has 0 aliphatic rings. The quantitative estimate of drug-likeness (QED) is 0.585. The maximum absolute atomic E-state index is 13.8. The van der Waals surface area contributed by atoms with E-state index < -0.39 is 17.8 Å². The number of pyridine rings is 1. The number of carbonyl (C=O) groups is 1. The molecule has 0 aliphatic carbocycles. The smallest absolute Gasteiger partial charge is 0.304 e. The van der Waals surface area contributed by atoms with Gasteiger partial charge in [0.1, 0.15) is 5.75 Å². The summed E-state index contributed by atoms with van der Waals surface area (Å²) in [5, 5.41) is 12.9. The number of nitrogens with zero attached hydrogens (tertiary/aromatic N) is 3. The molecule has 3 aromatic rings. The van der Waals surface area contributed by atoms with E-state index in [1.54, 1.807) is 6.07 Å². The first-order valence-corrected chi connectivity index (χ1v) is 8.66. The fourth-order valence-electron chi connectivity index (χ4n) is 2.30. The predicted molar refractivity (Wildman–Crippen MR) is 98.0 cm³/mol. The van der Waals surface area contributed by atoms with E-state index in [0.717, 1.165) is 6.07 Å². The Morgan fingerprint density at radius 1 is 1.36 bits per heavy atom. The second-order valence-electron chi connectivity index (χ2n) is 5.76. The fourth-order valence-corrected chi connectivity index (χ4v) is 2.70. The Morgan fingerprint density at radius 3 is 2.82 bits per heavy atom. The normalized spacial score (nSPS) is 12.0. The van der Waals surface area contributed by atoms with Crippen LogP contribution in [0.1, 0.15) is 12.3 Å². The van der Waals surface area contributed by atoms with Crippen molar-refractivity contribution >= 4 is 29.2 Å². The molecule has 1 unspecified atom stereocenters. The number of nitrogens with two attached hydrogens (primary N) is 1. The van der Waals surface area contributed by atoms with E-state index >= 15 is 0 Å². The molecule has 0 saturated heterocycles. The van der Waals surface area contributed by atoms with Crippen LogP contribution >= 0.6 is 23.2 Å². The topological polar surface area (TPSA) is 124 Å². The highest BCUT2D eigenvalue weighted by Crippen LogP contribution is 2.32. The van der Waals surface area contributed by atoms with Crippen molar-refractivity contribution in [3.63, 3.8) is 0 Å². The van der Waals surface area contributed by atoms with Crippen molar-refractivity contribution in [2.45, 2.75) is 18.9 Å². The highest BCUT2D eigenvalue weighted by atomic mass is 35.5. The molecule has 11 heteroatoms. The van der Waals surface area contributed by atoms with Gasteiger partial charge in [0.05, 0.1) is 16.5 Å².